The maximum absolute atomic E-state index is 5.28. The average Bonchev–Trinajstić information content (AvgIpc) is 2.43. The van der Waals surface area contributed by atoms with Gasteiger partial charge in [-0.1, -0.05) is 29.0 Å². The lowest BCUT2D eigenvalue weighted by atomic mass is 10.4. The van der Waals surface area contributed by atoms with Gasteiger partial charge in [-0.05, 0) is 55.0 Å². The van der Waals surface area contributed by atoms with E-state index in [1.54, 1.807) is 14.2 Å². The Balaban J connectivity index is 1.93. The van der Waals surface area contributed by atoms with Crippen LogP contribution in [0.5, 0.6) is 0 Å². The van der Waals surface area contributed by atoms with Crippen LogP contribution in [-0.4, -0.2) is 29.3 Å². The van der Waals surface area contributed by atoms with Gasteiger partial charge in [0.1, 0.15) is 0 Å². The van der Waals surface area contributed by atoms with E-state index in [1.165, 1.54) is 11.3 Å². The number of rotatable bonds is 10. The lowest BCUT2D eigenvalue weighted by molar-refractivity contribution is 0.277. The van der Waals surface area contributed by atoms with E-state index in [1.807, 2.05) is 47.3 Å². The standard InChI is InChI=1S/C11H18O2S4Si/c1-12-18(13-2)10-6-9-14-16-17-15-11-7-4-3-5-8-11/h3-5,7-8,18H,6,9-10H2,1-2H3. The first kappa shape index (κ1) is 16.8. The summed E-state index contributed by atoms with van der Waals surface area (Å²) in [6.07, 6.45) is 1.17. The Labute approximate surface area is 126 Å². The molecule has 0 unspecified atom stereocenters. The molecule has 0 aromatic heterocycles. The van der Waals surface area contributed by atoms with Crippen molar-refractivity contribution in [1.82, 2.24) is 0 Å². The molecule has 1 aromatic rings. The highest BCUT2D eigenvalue weighted by Gasteiger charge is 2.08. The Morgan fingerprint density at radius 1 is 1.06 bits per heavy atom. The summed E-state index contributed by atoms with van der Waals surface area (Å²) in [6, 6.07) is 11.5. The van der Waals surface area contributed by atoms with Gasteiger partial charge < -0.3 is 8.85 Å². The van der Waals surface area contributed by atoms with Crippen LogP contribution in [0, 0.1) is 0 Å². The highest BCUT2D eigenvalue weighted by atomic mass is 33.7. The molecule has 2 nitrogen and oxygen atoms in total. The fraction of sp³-hybridized carbons (Fsp3) is 0.455. The van der Waals surface area contributed by atoms with Crippen molar-refractivity contribution in [3.63, 3.8) is 0 Å². The lowest BCUT2D eigenvalue weighted by Crippen LogP contribution is -2.18. The van der Waals surface area contributed by atoms with Crippen LogP contribution in [0.3, 0.4) is 0 Å². The fourth-order valence-electron chi connectivity index (χ4n) is 1.22. The molecule has 0 heterocycles. The van der Waals surface area contributed by atoms with Crippen LogP contribution >= 0.6 is 41.2 Å². The second-order valence-electron chi connectivity index (χ2n) is 3.40. The number of hydrogen-bond acceptors (Lipinski definition) is 6. The molecule has 102 valence electrons. The molecule has 0 amide bonds. The van der Waals surface area contributed by atoms with E-state index in [2.05, 4.69) is 24.3 Å². The molecule has 0 radical (unpaired) electrons. The molecule has 0 saturated carbocycles. The number of hydrogen-bond donors (Lipinski definition) is 0. The molecular weight excluding hydrogens is 320 g/mol. The summed E-state index contributed by atoms with van der Waals surface area (Å²) in [7, 11) is 9.54. The number of benzene rings is 1. The second kappa shape index (κ2) is 11.6. The predicted octanol–water partition coefficient (Wildman–Crippen LogP) is 4.63. The third kappa shape index (κ3) is 8.03. The van der Waals surface area contributed by atoms with Gasteiger partial charge in [-0.3, -0.25) is 0 Å². The molecule has 7 heteroatoms. The highest BCUT2D eigenvalue weighted by Crippen LogP contribution is 2.46. The van der Waals surface area contributed by atoms with Crippen LogP contribution in [0.4, 0.5) is 0 Å². The largest absolute Gasteiger partial charge is 0.400 e. The highest BCUT2D eigenvalue weighted by molar-refractivity contribution is 9.26. The summed E-state index contributed by atoms with van der Waals surface area (Å²) >= 11 is 0. The minimum absolute atomic E-state index is 1.09. The van der Waals surface area contributed by atoms with Crippen molar-refractivity contribution in [3.8, 4) is 0 Å². The third-order valence-corrected chi connectivity index (χ3v) is 10.4. The van der Waals surface area contributed by atoms with Crippen molar-refractivity contribution in [1.29, 1.82) is 0 Å². The van der Waals surface area contributed by atoms with Crippen LogP contribution in [0.1, 0.15) is 6.42 Å². The van der Waals surface area contributed by atoms with Crippen molar-refractivity contribution >= 4 is 50.5 Å². The normalized spacial score (nSPS) is 11.1. The zero-order valence-electron chi connectivity index (χ0n) is 10.5. The Kier molecular flexibility index (Phi) is 10.8. The van der Waals surface area contributed by atoms with Crippen molar-refractivity contribution in [2.75, 3.05) is 20.0 Å². The SMILES string of the molecule is CO[SiH](CCCSSSSc1ccccc1)OC. The van der Waals surface area contributed by atoms with Crippen molar-refractivity contribution in [2.24, 2.45) is 0 Å². The Hall–Kier alpha value is 0.757. The summed E-state index contributed by atoms with van der Waals surface area (Å²) in [5.41, 5.74) is 0. The average molecular weight is 339 g/mol. The van der Waals surface area contributed by atoms with Crippen molar-refractivity contribution in [2.45, 2.75) is 17.4 Å². The van der Waals surface area contributed by atoms with E-state index in [0.717, 1.165) is 11.8 Å². The predicted molar refractivity (Wildman–Crippen MR) is 90.5 cm³/mol. The summed E-state index contributed by atoms with van der Waals surface area (Å²) in [5.74, 6) is 1.16. The van der Waals surface area contributed by atoms with E-state index in [9.17, 15) is 0 Å². The van der Waals surface area contributed by atoms with Crippen LogP contribution in [0.15, 0.2) is 35.2 Å². The first-order chi connectivity index (χ1) is 8.86. The third-order valence-electron chi connectivity index (χ3n) is 2.14. The topological polar surface area (TPSA) is 18.5 Å². The van der Waals surface area contributed by atoms with Crippen molar-refractivity contribution < 1.29 is 8.85 Å². The molecule has 0 saturated heterocycles. The Morgan fingerprint density at radius 3 is 2.44 bits per heavy atom. The summed E-state index contributed by atoms with van der Waals surface area (Å²) in [6.45, 7) is 0. The van der Waals surface area contributed by atoms with Crippen molar-refractivity contribution in [3.05, 3.63) is 30.3 Å². The maximum atomic E-state index is 5.28. The van der Waals surface area contributed by atoms with Gasteiger partial charge in [0.25, 0.3) is 0 Å². The first-order valence-corrected chi connectivity index (χ1v) is 12.3. The molecule has 0 aliphatic rings. The van der Waals surface area contributed by atoms with Gasteiger partial charge in [-0.15, -0.1) is 0 Å². The van der Waals surface area contributed by atoms with Gasteiger partial charge in [0.15, 0.2) is 0 Å². The molecule has 0 N–H and O–H groups in total. The van der Waals surface area contributed by atoms with Gasteiger partial charge in [0, 0.05) is 24.9 Å². The lowest BCUT2D eigenvalue weighted by Gasteiger charge is -2.09. The van der Waals surface area contributed by atoms with Gasteiger partial charge in [0.05, 0.1) is 0 Å². The van der Waals surface area contributed by atoms with Crippen LogP contribution in [0.2, 0.25) is 6.04 Å². The monoisotopic (exact) mass is 338 g/mol. The van der Waals surface area contributed by atoms with Crippen LogP contribution in [-0.2, 0) is 8.85 Å². The van der Waals surface area contributed by atoms with Gasteiger partial charge >= 0.3 is 9.28 Å². The zero-order chi connectivity index (χ0) is 13.1. The summed E-state index contributed by atoms with van der Waals surface area (Å²) in [5, 5.41) is 0. The quantitative estimate of drug-likeness (QED) is 0.349. The molecule has 0 fully saturated rings. The van der Waals surface area contributed by atoms with E-state index in [4.69, 9.17) is 8.85 Å². The smallest absolute Gasteiger partial charge is 0.320 e. The van der Waals surface area contributed by atoms with E-state index in [-0.39, 0.29) is 0 Å². The second-order valence-corrected chi connectivity index (χ2v) is 11.8. The molecule has 18 heavy (non-hydrogen) atoms. The van der Waals surface area contributed by atoms with E-state index < -0.39 is 9.28 Å². The molecule has 0 atom stereocenters. The Bertz CT molecular complexity index is 298. The Morgan fingerprint density at radius 2 is 1.78 bits per heavy atom. The minimum Gasteiger partial charge on any atom is -0.400 e. The van der Waals surface area contributed by atoms with Crippen LogP contribution in [0.25, 0.3) is 0 Å². The van der Waals surface area contributed by atoms with Gasteiger partial charge in [-0.2, -0.15) is 0 Å². The molecule has 1 aromatic carbocycles. The van der Waals surface area contributed by atoms with E-state index >= 15 is 0 Å². The zero-order valence-corrected chi connectivity index (χ0v) is 15.0. The van der Waals surface area contributed by atoms with E-state index in [0.29, 0.717) is 0 Å². The summed E-state index contributed by atoms with van der Waals surface area (Å²) in [4.78, 5) is 1.31. The van der Waals surface area contributed by atoms with Gasteiger partial charge in [-0.25, -0.2) is 0 Å². The fourth-order valence-corrected chi connectivity index (χ4v) is 8.55. The molecule has 0 bridgehead atoms. The molecule has 0 aliphatic carbocycles. The summed E-state index contributed by atoms with van der Waals surface area (Å²) < 4.78 is 10.6. The molecule has 0 aliphatic heterocycles. The first-order valence-electron chi connectivity index (χ1n) is 5.60. The maximum Gasteiger partial charge on any atom is 0.320 e. The van der Waals surface area contributed by atoms with Gasteiger partial charge in [0.2, 0.25) is 0 Å². The molecule has 0 spiro atoms. The van der Waals surface area contributed by atoms with Crippen LogP contribution < -0.4 is 0 Å². The molecular formula is C11H18O2S4Si. The molecule has 1 rings (SSSR count). The minimum atomic E-state index is -1.33.